The molecular weight excluding hydrogens is 340 g/mol. The van der Waals surface area contributed by atoms with E-state index in [1.807, 2.05) is 5.38 Å². The van der Waals surface area contributed by atoms with E-state index < -0.39 is 0 Å². The number of amides is 2. The van der Waals surface area contributed by atoms with Gasteiger partial charge in [-0.05, 0) is 24.8 Å². The number of pyridine rings is 1. The molecule has 0 atom stereocenters. The lowest BCUT2D eigenvalue weighted by molar-refractivity contribution is -0.121. The topological polar surface area (TPSA) is 104 Å². The maximum Gasteiger partial charge on any atom is 0.258 e. The molecule has 2 heterocycles. The zero-order chi connectivity index (χ0) is 18.2. The second-order valence-electron chi connectivity index (χ2n) is 6.07. The third kappa shape index (κ3) is 6.50. The molecule has 25 heavy (non-hydrogen) atoms. The summed E-state index contributed by atoms with van der Waals surface area (Å²) in [4.78, 5) is 41.6. The number of hydrogen-bond donors (Lipinski definition) is 3. The van der Waals surface area contributed by atoms with Crippen LogP contribution in [0.2, 0.25) is 0 Å². The van der Waals surface area contributed by atoms with Crippen LogP contribution in [-0.4, -0.2) is 28.3 Å². The number of carbonyl (C=O) groups is 2. The lowest BCUT2D eigenvalue weighted by atomic mass is 10.1. The maximum absolute atomic E-state index is 12.0. The summed E-state index contributed by atoms with van der Waals surface area (Å²) in [5.41, 5.74) is 0.849. The van der Waals surface area contributed by atoms with Crippen LogP contribution in [0.3, 0.4) is 0 Å². The summed E-state index contributed by atoms with van der Waals surface area (Å²) in [6, 6.07) is 2.74. The van der Waals surface area contributed by atoms with Crippen molar-refractivity contribution < 1.29 is 9.59 Å². The van der Waals surface area contributed by atoms with Crippen LogP contribution in [0.4, 0.5) is 5.13 Å². The fourth-order valence-electron chi connectivity index (χ4n) is 2.03. The lowest BCUT2D eigenvalue weighted by Gasteiger charge is -2.06. The van der Waals surface area contributed by atoms with E-state index in [1.165, 1.54) is 29.7 Å². The molecule has 0 saturated carbocycles. The largest absolute Gasteiger partial charge is 0.356 e. The summed E-state index contributed by atoms with van der Waals surface area (Å²) in [7, 11) is 0. The second-order valence-corrected chi connectivity index (χ2v) is 6.93. The van der Waals surface area contributed by atoms with Crippen molar-refractivity contribution in [1.82, 2.24) is 15.3 Å². The number of nitrogens with zero attached hydrogens (tertiary/aromatic N) is 1. The van der Waals surface area contributed by atoms with Gasteiger partial charge in [0, 0.05) is 30.6 Å². The number of anilines is 1. The average Bonchev–Trinajstić information content (AvgIpc) is 3.00. The Morgan fingerprint density at radius 3 is 2.80 bits per heavy atom. The van der Waals surface area contributed by atoms with Gasteiger partial charge in [0.25, 0.3) is 5.91 Å². The van der Waals surface area contributed by atoms with Crippen LogP contribution >= 0.6 is 11.3 Å². The van der Waals surface area contributed by atoms with Gasteiger partial charge in [-0.25, -0.2) is 4.98 Å². The van der Waals surface area contributed by atoms with E-state index in [4.69, 9.17) is 0 Å². The van der Waals surface area contributed by atoms with Gasteiger partial charge in [-0.15, -0.1) is 11.3 Å². The molecule has 0 aliphatic rings. The summed E-state index contributed by atoms with van der Waals surface area (Å²) in [6.07, 6.45) is 3.21. The van der Waals surface area contributed by atoms with Gasteiger partial charge >= 0.3 is 0 Å². The Balaban J connectivity index is 1.79. The van der Waals surface area contributed by atoms with Crippen molar-refractivity contribution in [3.05, 3.63) is 45.3 Å². The Hall–Kier alpha value is -2.48. The quantitative estimate of drug-likeness (QED) is 0.669. The molecule has 2 aromatic rings. The summed E-state index contributed by atoms with van der Waals surface area (Å²) in [6.45, 7) is 4.92. The minimum absolute atomic E-state index is 0.00692. The number of carbonyl (C=O) groups excluding carboxylic acids is 2. The molecule has 8 heteroatoms. The van der Waals surface area contributed by atoms with Crippen molar-refractivity contribution in [2.24, 2.45) is 5.92 Å². The van der Waals surface area contributed by atoms with Gasteiger partial charge in [-0.2, -0.15) is 0 Å². The Kier molecular flexibility index (Phi) is 6.88. The molecule has 0 radical (unpaired) electrons. The first-order valence-corrected chi connectivity index (χ1v) is 9.03. The normalized spacial score (nSPS) is 10.7. The van der Waals surface area contributed by atoms with Crippen LogP contribution in [0.1, 0.15) is 42.7 Å². The second kappa shape index (κ2) is 9.12. The Morgan fingerprint density at radius 2 is 2.12 bits per heavy atom. The number of aromatic amines is 1. The maximum atomic E-state index is 12.0. The molecule has 134 valence electrons. The van der Waals surface area contributed by atoms with Gasteiger partial charge in [-0.3, -0.25) is 19.7 Å². The first kappa shape index (κ1) is 18.9. The lowest BCUT2D eigenvalue weighted by Crippen LogP contribution is -2.25. The van der Waals surface area contributed by atoms with E-state index in [0.29, 0.717) is 36.0 Å². The SMILES string of the molecule is CC(C)CCNC(=O)CCc1csc(NC(=O)c2ccc(=O)[nH]c2)n1. The van der Waals surface area contributed by atoms with E-state index in [0.717, 1.165) is 12.1 Å². The molecule has 3 N–H and O–H groups in total. The van der Waals surface area contributed by atoms with E-state index in [9.17, 15) is 14.4 Å². The fourth-order valence-corrected chi connectivity index (χ4v) is 2.77. The Bertz CT molecular complexity index is 762. The zero-order valence-electron chi connectivity index (χ0n) is 14.3. The molecule has 0 fully saturated rings. The minimum atomic E-state index is -0.344. The highest BCUT2D eigenvalue weighted by Crippen LogP contribution is 2.17. The molecule has 0 unspecified atom stereocenters. The first-order chi connectivity index (χ1) is 11.9. The molecule has 2 rings (SSSR count). The van der Waals surface area contributed by atoms with Gasteiger partial charge in [0.15, 0.2) is 5.13 Å². The highest BCUT2D eigenvalue weighted by Gasteiger charge is 2.10. The van der Waals surface area contributed by atoms with Crippen molar-refractivity contribution in [1.29, 1.82) is 0 Å². The summed E-state index contributed by atoms with van der Waals surface area (Å²) >= 11 is 1.30. The molecule has 0 aliphatic heterocycles. The van der Waals surface area contributed by atoms with Crippen molar-refractivity contribution in [2.45, 2.75) is 33.1 Å². The number of thiazole rings is 1. The summed E-state index contributed by atoms with van der Waals surface area (Å²) in [5, 5.41) is 7.85. The molecule has 0 spiro atoms. The van der Waals surface area contributed by atoms with Gasteiger partial charge in [-0.1, -0.05) is 13.8 Å². The molecule has 0 aromatic carbocycles. The van der Waals surface area contributed by atoms with Gasteiger partial charge in [0.2, 0.25) is 11.5 Å². The van der Waals surface area contributed by atoms with E-state index in [-0.39, 0.29) is 17.4 Å². The van der Waals surface area contributed by atoms with Crippen molar-refractivity contribution in [3.8, 4) is 0 Å². The van der Waals surface area contributed by atoms with Gasteiger partial charge in [0.1, 0.15) is 0 Å². The molecule has 0 aliphatic carbocycles. The Morgan fingerprint density at radius 1 is 1.32 bits per heavy atom. The van der Waals surface area contributed by atoms with Crippen LogP contribution in [0, 0.1) is 5.92 Å². The molecule has 2 aromatic heterocycles. The van der Waals surface area contributed by atoms with Crippen LogP contribution < -0.4 is 16.2 Å². The van der Waals surface area contributed by atoms with Crippen LogP contribution in [0.5, 0.6) is 0 Å². The third-order valence-corrected chi connectivity index (χ3v) is 4.28. The number of aromatic nitrogens is 2. The number of nitrogens with one attached hydrogen (secondary N) is 3. The predicted octanol–water partition coefficient (Wildman–Crippen LogP) is 2.18. The minimum Gasteiger partial charge on any atom is -0.356 e. The van der Waals surface area contributed by atoms with Crippen LogP contribution in [0.15, 0.2) is 28.5 Å². The zero-order valence-corrected chi connectivity index (χ0v) is 15.1. The summed E-state index contributed by atoms with van der Waals surface area (Å²) in [5.74, 6) is 0.225. The van der Waals surface area contributed by atoms with Crippen LogP contribution in [-0.2, 0) is 11.2 Å². The molecule has 7 nitrogen and oxygen atoms in total. The number of hydrogen-bond acceptors (Lipinski definition) is 5. The van der Waals surface area contributed by atoms with E-state index in [2.05, 4.69) is 34.4 Å². The highest BCUT2D eigenvalue weighted by molar-refractivity contribution is 7.14. The van der Waals surface area contributed by atoms with Crippen molar-refractivity contribution in [3.63, 3.8) is 0 Å². The fraction of sp³-hybridized carbons (Fsp3) is 0.412. The average molecular weight is 362 g/mol. The molecule has 2 amide bonds. The molecule has 0 bridgehead atoms. The van der Waals surface area contributed by atoms with Gasteiger partial charge < -0.3 is 10.3 Å². The van der Waals surface area contributed by atoms with E-state index >= 15 is 0 Å². The highest BCUT2D eigenvalue weighted by atomic mass is 32.1. The van der Waals surface area contributed by atoms with E-state index in [1.54, 1.807) is 0 Å². The number of H-pyrrole nitrogens is 1. The summed E-state index contributed by atoms with van der Waals surface area (Å²) < 4.78 is 0. The molecule has 0 saturated heterocycles. The molecular formula is C17H22N4O3S. The monoisotopic (exact) mass is 362 g/mol. The Labute approximate surface area is 149 Å². The van der Waals surface area contributed by atoms with Crippen molar-refractivity contribution >= 4 is 28.3 Å². The van der Waals surface area contributed by atoms with Crippen molar-refractivity contribution in [2.75, 3.05) is 11.9 Å². The number of aryl methyl sites for hydroxylation is 1. The van der Waals surface area contributed by atoms with Crippen LogP contribution in [0.25, 0.3) is 0 Å². The smallest absolute Gasteiger partial charge is 0.258 e. The van der Waals surface area contributed by atoms with Gasteiger partial charge in [0.05, 0.1) is 11.3 Å². The third-order valence-electron chi connectivity index (χ3n) is 3.47. The predicted molar refractivity (Wildman–Crippen MR) is 97.9 cm³/mol. The number of rotatable bonds is 8. The first-order valence-electron chi connectivity index (χ1n) is 8.15. The standard InChI is InChI=1S/C17H22N4O3S/c1-11(2)7-8-18-14(22)6-4-13-10-25-17(20-13)21-16(24)12-3-5-15(23)19-9-12/h3,5,9-11H,4,6-8H2,1-2H3,(H,18,22)(H,19,23)(H,20,21,24).